The van der Waals surface area contributed by atoms with Gasteiger partial charge >= 0.3 is 5.97 Å². The van der Waals surface area contributed by atoms with E-state index in [1.165, 1.54) is 31.5 Å². The molecule has 0 saturated heterocycles. The summed E-state index contributed by atoms with van der Waals surface area (Å²) < 4.78 is 10.3. The Labute approximate surface area is 154 Å². The van der Waals surface area contributed by atoms with Crippen molar-refractivity contribution in [2.45, 2.75) is 13.3 Å². The monoisotopic (exact) mass is 371 g/mol. The zero-order valence-electron chi connectivity index (χ0n) is 14.7. The number of methoxy groups -OCH3 is 1. The Hall–Kier alpha value is -3.75. The van der Waals surface area contributed by atoms with Gasteiger partial charge in [-0.15, -0.1) is 0 Å². The molecule has 0 aliphatic carbocycles. The second kappa shape index (κ2) is 9.09. The lowest BCUT2D eigenvalue weighted by Gasteiger charge is -2.09. The van der Waals surface area contributed by atoms with Gasteiger partial charge in [0.25, 0.3) is 11.6 Å². The summed E-state index contributed by atoms with van der Waals surface area (Å²) in [5, 5.41) is 14.6. The number of hydrogen-bond donors (Lipinski definition) is 1. The average Bonchev–Trinajstić information content (AvgIpc) is 2.68. The molecular weight excluding hydrogens is 354 g/mol. The standard InChI is InChI=1S/C18H17N3O6/c1-3-17(22)27-15-8-7-12(9-16(15)26-2)11-19-20-18(23)13-5-4-6-14(10-13)21(24)25/h4-11H,3H2,1-2H3,(H,20,23). The molecule has 0 radical (unpaired) electrons. The molecule has 0 spiro atoms. The average molecular weight is 371 g/mol. The largest absolute Gasteiger partial charge is 0.493 e. The van der Waals surface area contributed by atoms with Crippen LogP contribution in [0.2, 0.25) is 0 Å². The van der Waals surface area contributed by atoms with E-state index >= 15 is 0 Å². The molecule has 0 bridgehead atoms. The molecule has 0 heterocycles. The second-order valence-corrected chi connectivity index (χ2v) is 5.24. The van der Waals surface area contributed by atoms with Gasteiger partial charge in [0.2, 0.25) is 0 Å². The molecule has 0 aliphatic heterocycles. The van der Waals surface area contributed by atoms with Crippen molar-refractivity contribution in [2.24, 2.45) is 5.10 Å². The third kappa shape index (κ3) is 5.36. The fourth-order valence-corrected chi connectivity index (χ4v) is 2.03. The predicted molar refractivity (Wildman–Crippen MR) is 97.1 cm³/mol. The minimum Gasteiger partial charge on any atom is -0.493 e. The molecule has 1 N–H and O–H groups in total. The molecule has 9 heteroatoms. The van der Waals surface area contributed by atoms with Gasteiger partial charge in [-0.3, -0.25) is 19.7 Å². The maximum atomic E-state index is 12.0. The molecule has 0 atom stereocenters. The normalized spacial score (nSPS) is 10.4. The number of amides is 1. The number of esters is 1. The van der Waals surface area contributed by atoms with Gasteiger partial charge in [0.05, 0.1) is 18.2 Å². The number of nitro groups is 1. The van der Waals surface area contributed by atoms with Crippen LogP contribution in [0.4, 0.5) is 5.69 Å². The van der Waals surface area contributed by atoms with Crippen LogP contribution in [0.25, 0.3) is 0 Å². The van der Waals surface area contributed by atoms with Crippen molar-refractivity contribution < 1.29 is 24.0 Å². The van der Waals surface area contributed by atoms with Crippen molar-refractivity contribution in [3.63, 3.8) is 0 Å². The molecule has 2 rings (SSSR count). The topological polar surface area (TPSA) is 120 Å². The van der Waals surface area contributed by atoms with E-state index in [-0.39, 0.29) is 29.4 Å². The zero-order chi connectivity index (χ0) is 19.8. The van der Waals surface area contributed by atoms with Crippen LogP contribution in [0, 0.1) is 10.1 Å². The molecule has 2 aromatic carbocycles. The fourth-order valence-electron chi connectivity index (χ4n) is 2.03. The summed E-state index contributed by atoms with van der Waals surface area (Å²) in [5.41, 5.74) is 2.80. The summed E-state index contributed by atoms with van der Waals surface area (Å²) >= 11 is 0. The number of nitrogens with one attached hydrogen (secondary N) is 1. The van der Waals surface area contributed by atoms with Crippen LogP contribution in [0.3, 0.4) is 0 Å². The molecular formula is C18H17N3O6. The first kappa shape index (κ1) is 19.6. The van der Waals surface area contributed by atoms with E-state index in [0.717, 1.165) is 6.07 Å². The van der Waals surface area contributed by atoms with Gasteiger partial charge in [0.1, 0.15) is 0 Å². The molecule has 0 aliphatic rings. The van der Waals surface area contributed by atoms with E-state index in [2.05, 4.69) is 10.5 Å². The lowest BCUT2D eigenvalue weighted by molar-refractivity contribution is -0.384. The minimum atomic E-state index is -0.588. The van der Waals surface area contributed by atoms with Crippen LogP contribution >= 0.6 is 0 Å². The summed E-state index contributed by atoms with van der Waals surface area (Å²) in [4.78, 5) is 33.6. The lowest BCUT2D eigenvalue weighted by Crippen LogP contribution is -2.17. The second-order valence-electron chi connectivity index (χ2n) is 5.24. The first-order valence-electron chi connectivity index (χ1n) is 7.91. The molecule has 1 amide bonds. The number of non-ortho nitro benzene ring substituents is 1. The predicted octanol–water partition coefficient (Wildman–Crippen LogP) is 2.68. The van der Waals surface area contributed by atoms with Crippen molar-refractivity contribution in [1.29, 1.82) is 0 Å². The molecule has 2 aromatic rings. The number of nitro benzene ring substituents is 1. The number of nitrogens with zero attached hydrogens (tertiary/aromatic N) is 2. The number of carbonyl (C=O) groups excluding carboxylic acids is 2. The summed E-state index contributed by atoms with van der Waals surface area (Å²) in [6.45, 7) is 1.68. The molecule has 0 unspecified atom stereocenters. The molecule has 0 aromatic heterocycles. The number of ether oxygens (including phenoxy) is 2. The Morgan fingerprint density at radius 2 is 2.00 bits per heavy atom. The minimum absolute atomic E-state index is 0.112. The number of benzene rings is 2. The Morgan fingerprint density at radius 1 is 1.22 bits per heavy atom. The van der Waals surface area contributed by atoms with Crippen LogP contribution in [-0.4, -0.2) is 30.1 Å². The van der Waals surface area contributed by atoms with E-state index in [0.29, 0.717) is 11.3 Å². The van der Waals surface area contributed by atoms with Crippen LogP contribution in [-0.2, 0) is 4.79 Å². The summed E-state index contributed by atoms with van der Waals surface area (Å²) in [6.07, 6.45) is 1.60. The smallest absolute Gasteiger partial charge is 0.311 e. The molecule has 27 heavy (non-hydrogen) atoms. The van der Waals surface area contributed by atoms with E-state index < -0.39 is 10.8 Å². The van der Waals surface area contributed by atoms with Crippen LogP contribution in [0.5, 0.6) is 11.5 Å². The van der Waals surface area contributed by atoms with E-state index in [1.54, 1.807) is 25.1 Å². The van der Waals surface area contributed by atoms with Crippen LogP contribution in [0.1, 0.15) is 29.3 Å². The summed E-state index contributed by atoms with van der Waals surface area (Å²) in [7, 11) is 1.43. The Morgan fingerprint density at radius 3 is 2.67 bits per heavy atom. The molecule has 0 saturated carbocycles. The number of rotatable bonds is 7. The van der Waals surface area contributed by atoms with Gasteiger partial charge in [-0.1, -0.05) is 13.0 Å². The van der Waals surface area contributed by atoms with Crippen molar-refractivity contribution in [3.8, 4) is 11.5 Å². The quantitative estimate of drug-likeness (QED) is 0.263. The van der Waals surface area contributed by atoms with E-state index in [4.69, 9.17) is 9.47 Å². The molecule has 140 valence electrons. The highest BCUT2D eigenvalue weighted by Gasteiger charge is 2.11. The molecule has 0 fully saturated rings. The van der Waals surface area contributed by atoms with Crippen molar-refractivity contribution >= 4 is 23.8 Å². The SMILES string of the molecule is CCC(=O)Oc1ccc(C=NNC(=O)c2cccc([N+](=O)[O-])c2)cc1OC. The van der Waals surface area contributed by atoms with Gasteiger partial charge in [-0.05, 0) is 29.8 Å². The number of hydrazone groups is 1. The first-order valence-corrected chi connectivity index (χ1v) is 7.91. The fraction of sp³-hybridized carbons (Fsp3) is 0.167. The van der Waals surface area contributed by atoms with Gasteiger partial charge < -0.3 is 9.47 Å². The molecule has 9 nitrogen and oxygen atoms in total. The van der Waals surface area contributed by atoms with Crippen LogP contribution < -0.4 is 14.9 Å². The Kier molecular flexibility index (Phi) is 6.59. The Bertz CT molecular complexity index is 894. The van der Waals surface area contributed by atoms with E-state index in [1.807, 2.05) is 0 Å². The van der Waals surface area contributed by atoms with Gasteiger partial charge in [0.15, 0.2) is 11.5 Å². The van der Waals surface area contributed by atoms with Gasteiger partial charge in [-0.2, -0.15) is 5.10 Å². The zero-order valence-corrected chi connectivity index (χ0v) is 14.7. The summed E-state index contributed by atoms with van der Waals surface area (Å²) in [5.74, 6) is -0.359. The maximum Gasteiger partial charge on any atom is 0.311 e. The summed E-state index contributed by atoms with van der Waals surface area (Å²) in [6, 6.07) is 10.1. The van der Waals surface area contributed by atoms with Crippen molar-refractivity contribution in [1.82, 2.24) is 5.43 Å². The van der Waals surface area contributed by atoms with Gasteiger partial charge in [0, 0.05) is 24.1 Å². The third-order valence-corrected chi connectivity index (χ3v) is 3.40. The van der Waals surface area contributed by atoms with Crippen molar-refractivity contribution in [3.05, 3.63) is 63.7 Å². The maximum absolute atomic E-state index is 12.0. The third-order valence-electron chi connectivity index (χ3n) is 3.40. The number of carbonyl (C=O) groups is 2. The first-order chi connectivity index (χ1) is 12.9. The highest BCUT2D eigenvalue weighted by atomic mass is 16.6. The Balaban J connectivity index is 2.07. The van der Waals surface area contributed by atoms with Crippen molar-refractivity contribution in [2.75, 3.05) is 7.11 Å². The lowest BCUT2D eigenvalue weighted by atomic mass is 10.2. The number of hydrogen-bond acceptors (Lipinski definition) is 7. The van der Waals surface area contributed by atoms with E-state index in [9.17, 15) is 19.7 Å². The van der Waals surface area contributed by atoms with Crippen LogP contribution in [0.15, 0.2) is 47.6 Å². The highest BCUT2D eigenvalue weighted by Crippen LogP contribution is 2.27. The highest BCUT2D eigenvalue weighted by molar-refractivity contribution is 5.95. The van der Waals surface area contributed by atoms with Gasteiger partial charge in [-0.25, -0.2) is 5.43 Å².